The van der Waals surface area contributed by atoms with E-state index in [2.05, 4.69) is 26.9 Å². The van der Waals surface area contributed by atoms with Crippen molar-refractivity contribution in [1.29, 1.82) is 0 Å². The monoisotopic (exact) mass is 247 g/mol. The quantitative estimate of drug-likeness (QED) is 0.816. The maximum absolute atomic E-state index is 6.00. The molecule has 1 aliphatic heterocycles. The number of hydrogen-bond donors (Lipinski definition) is 1. The van der Waals surface area contributed by atoms with Gasteiger partial charge in [0.25, 0.3) is 5.71 Å². The average molecular weight is 247 g/mol. The van der Waals surface area contributed by atoms with Crippen LogP contribution in [0.2, 0.25) is 0 Å². The molecule has 6 nitrogen and oxygen atoms in total. The van der Waals surface area contributed by atoms with E-state index < -0.39 is 0 Å². The van der Waals surface area contributed by atoms with Crippen LogP contribution in [0.5, 0.6) is 0 Å². The second-order valence-corrected chi connectivity index (χ2v) is 4.97. The van der Waals surface area contributed by atoms with Gasteiger partial charge in [0.15, 0.2) is 0 Å². The molecule has 1 fully saturated rings. The molecule has 0 radical (unpaired) electrons. The SMILES string of the molecule is Cc1noc2ncnc(N3CCC(N)CC3C)c12. The lowest BCUT2D eigenvalue weighted by Gasteiger charge is -2.37. The van der Waals surface area contributed by atoms with Crippen LogP contribution in [0.25, 0.3) is 11.1 Å². The van der Waals surface area contributed by atoms with Gasteiger partial charge in [-0.3, -0.25) is 0 Å². The summed E-state index contributed by atoms with van der Waals surface area (Å²) in [4.78, 5) is 10.8. The summed E-state index contributed by atoms with van der Waals surface area (Å²) in [7, 11) is 0. The summed E-state index contributed by atoms with van der Waals surface area (Å²) in [5, 5.41) is 4.88. The molecule has 2 N–H and O–H groups in total. The minimum atomic E-state index is 0.289. The molecule has 2 aromatic rings. The number of piperidine rings is 1. The highest BCUT2D eigenvalue weighted by Gasteiger charge is 2.27. The van der Waals surface area contributed by atoms with Crippen LogP contribution >= 0.6 is 0 Å². The van der Waals surface area contributed by atoms with Gasteiger partial charge in [-0.15, -0.1) is 0 Å². The van der Waals surface area contributed by atoms with Crippen LogP contribution in [-0.4, -0.2) is 33.8 Å². The third kappa shape index (κ3) is 1.73. The van der Waals surface area contributed by atoms with E-state index in [1.165, 1.54) is 6.33 Å². The predicted molar refractivity (Wildman–Crippen MR) is 68.4 cm³/mol. The fraction of sp³-hybridized carbons (Fsp3) is 0.583. The smallest absolute Gasteiger partial charge is 0.263 e. The number of nitrogens with two attached hydrogens (primary N) is 1. The van der Waals surface area contributed by atoms with Gasteiger partial charge in [0.05, 0.1) is 5.69 Å². The minimum absolute atomic E-state index is 0.289. The molecule has 2 unspecified atom stereocenters. The molecule has 0 aromatic carbocycles. The Kier molecular flexibility index (Phi) is 2.66. The molecule has 1 saturated heterocycles. The molecule has 0 spiro atoms. The molecular weight excluding hydrogens is 230 g/mol. The van der Waals surface area contributed by atoms with E-state index in [4.69, 9.17) is 10.3 Å². The normalized spacial score (nSPS) is 24.7. The number of rotatable bonds is 1. The van der Waals surface area contributed by atoms with Gasteiger partial charge in [-0.1, -0.05) is 5.16 Å². The van der Waals surface area contributed by atoms with Crippen molar-refractivity contribution >= 4 is 16.9 Å². The van der Waals surface area contributed by atoms with Crippen molar-refractivity contribution in [3.63, 3.8) is 0 Å². The van der Waals surface area contributed by atoms with Crippen LogP contribution in [0, 0.1) is 6.92 Å². The maximum Gasteiger partial charge on any atom is 0.263 e. The minimum Gasteiger partial charge on any atom is -0.353 e. The Hall–Kier alpha value is -1.69. The molecule has 96 valence electrons. The Morgan fingerprint density at radius 2 is 2.28 bits per heavy atom. The first-order valence-corrected chi connectivity index (χ1v) is 6.26. The van der Waals surface area contributed by atoms with Gasteiger partial charge in [0, 0.05) is 18.6 Å². The molecule has 3 heterocycles. The van der Waals surface area contributed by atoms with Gasteiger partial charge < -0.3 is 15.2 Å². The number of anilines is 1. The summed E-state index contributed by atoms with van der Waals surface area (Å²) in [6.07, 6.45) is 3.50. The molecule has 18 heavy (non-hydrogen) atoms. The molecule has 2 aromatic heterocycles. The summed E-state index contributed by atoms with van der Waals surface area (Å²) in [5.74, 6) is 0.915. The van der Waals surface area contributed by atoms with Crippen molar-refractivity contribution < 1.29 is 4.52 Å². The van der Waals surface area contributed by atoms with E-state index in [0.29, 0.717) is 11.8 Å². The zero-order chi connectivity index (χ0) is 12.7. The standard InChI is InChI=1S/C12H17N5O/c1-7-5-9(13)3-4-17(7)11-10-8(2)16-18-12(10)15-6-14-11/h6-7,9H,3-5,13H2,1-2H3. The number of aromatic nitrogens is 3. The molecular formula is C12H17N5O. The van der Waals surface area contributed by atoms with Gasteiger partial charge in [0.2, 0.25) is 0 Å². The summed E-state index contributed by atoms with van der Waals surface area (Å²) in [6.45, 7) is 5.01. The fourth-order valence-electron chi connectivity index (χ4n) is 2.64. The largest absolute Gasteiger partial charge is 0.353 e. The number of fused-ring (bicyclic) bond motifs is 1. The Morgan fingerprint density at radius 3 is 3.06 bits per heavy atom. The summed E-state index contributed by atoms with van der Waals surface area (Å²) < 4.78 is 5.18. The van der Waals surface area contributed by atoms with Crippen molar-refractivity contribution in [2.75, 3.05) is 11.4 Å². The van der Waals surface area contributed by atoms with E-state index in [1.54, 1.807) is 0 Å². The van der Waals surface area contributed by atoms with Gasteiger partial charge in [-0.05, 0) is 26.7 Å². The third-order valence-corrected chi connectivity index (χ3v) is 3.61. The average Bonchev–Trinajstić information content (AvgIpc) is 2.72. The first-order valence-electron chi connectivity index (χ1n) is 6.26. The topological polar surface area (TPSA) is 81.1 Å². The Morgan fingerprint density at radius 1 is 1.44 bits per heavy atom. The molecule has 0 saturated carbocycles. The summed E-state index contributed by atoms with van der Waals surface area (Å²) in [6, 6.07) is 0.665. The van der Waals surface area contributed by atoms with Crippen molar-refractivity contribution in [3.05, 3.63) is 12.0 Å². The first-order chi connectivity index (χ1) is 8.66. The molecule has 1 aliphatic rings. The van der Waals surface area contributed by atoms with Crippen molar-refractivity contribution in [3.8, 4) is 0 Å². The molecule has 0 aliphatic carbocycles. The van der Waals surface area contributed by atoms with Crippen LogP contribution < -0.4 is 10.6 Å². The van der Waals surface area contributed by atoms with Crippen molar-refractivity contribution in [2.24, 2.45) is 5.73 Å². The Bertz CT molecular complexity index is 567. The molecule has 3 rings (SSSR count). The Labute approximate surface area is 105 Å². The van der Waals surface area contributed by atoms with Gasteiger partial charge in [0.1, 0.15) is 17.5 Å². The highest BCUT2D eigenvalue weighted by molar-refractivity contribution is 5.88. The summed E-state index contributed by atoms with van der Waals surface area (Å²) in [5.41, 5.74) is 7.39. The van der Waals surface area contributed by atoms with Crippen LogP contribution in [0.4, 0.5) is 5.82 Å². The number of aryl methyl sites for hydroxylation is 1. The highest BCUT2D eigenvalue weighted by Crippen LogP contribution is 2.30. The van der Waals surface area contributed by atoms with Crippen LogP contribution in [0.3, 0.4) is 0 Å². The van der Waals surface area contributed by atoms with E-state index in [0.717, 1.165) is 36.3 Å². The zero-order valence-corrected chi connectivity index (χ0v) is 10.6. The first kappa shape index (κ1) is 11.4. The summed E-state index contributed by atoms with van der Waals surface area (Å²) >= 11 is 0. The maximum atomic E-state index is 6.00. The Balaban J connectivity index is 2.06. The van der Waals surface area contributed by atoms with E-state index in [9.17, 15) is 0 Å². The van der Waals surface area contributed by atoms with Crippen molar-refractivity contribution in [2.45, 2.75) is 38.8 Å². The van der Waals surface area contributed by atoms with Crippen LogP contribution in [-0.2, 0) is 0 Å². The van der Waals surface area contributed by atoms with Crippen LogP contribution in [0.1, 0.15) is 25.5 Å². The molecule has 0 bridgehead atoms. The zero-order valence-electron chi connectivity index (χ0n) is 10.6. The van der Waals surface area contributed by atoms with Crippen molar-refractivity contribution in [1.82, 2.24) is 15.1 Å². The highest BCUT2D eigenvalue weighted by atomic mass is 16.5. The van der Waals surface area contributed by atoms with Gasteiger partial charge in [-0.25, -0.2) is 4.98 Å². The molecule has 0 amide bonds. The van der Waals surface area contributed by atoms with Gasteiger partial charge in [-0.2, -0.15) is 4.98 Å². The lowest BCUT2D eigenvalue weighted by Crippen LogP contribution is -2.46. The van der Waals surface area contributed by atoms with E-state index in [1.807, 2.05) is 6.92 Å². The van der Waals surface area contributed by atoms with E-state index >= 15 is 0 Å². The third-order valence-electron chi connectivity index (χ3n) is 3.61. The molecule has 2 atom stereocenters. The molecule has 6 heteroatoms. The second kappa shape index (κ2) is 4.20. The fourth-order valence-corrected chi connectivity index (χ4v) is 2.64. The van der Waals surface area contributed by atoms with Gasteiger partial charge >= 0.3 is 0 Å². The lowest BCUT2D eigenvalue weighted by atomic mass is 9.99. The van der Waals surface area contributed by atoms with E-state index in [-0.39, 0.29) is 6.04 Å². The predicted octanol–water partition coefficient (Wildman–Crippen LogP) is 1.24. The second-order valence-electron chi connectivity index (χ2n) is 4.97. The number of hydrogen-bond acceptors (Lipinski definition) is 6. The number of nitrogens with zero attached hydrogens (tertiary/aromatic N) is 4. The lowest BCUT2D eigenvalue weighted by molar-refractivity contribution is 0.427. The van der Waals surface area contributed by atoms with Crippen LogP contribution in [0.15, 0.2) is 10.9 Å².